The zero-order valence-electron chi connectivity index (χ0n) is 13.5. The first kappa shape index (κ1) is 18.8. The van der Waals surface area contributed by atoms with Gasteiger partial charge in [0.25, 0.3) is 0 Å². The van der Waals surface area contributed by atoms with Crippen molar-refractivity contribution in [2.45, 2.75) is 51.7 Å². The Morgan fingerprint density at radius 3 is 2.20 bits per heavy atom. The van der Waals surface area contributed by atoms with Crippen LogP contribution in [0.15, 0.2) is 24.9 Å². The van der Waals surface area contributed by atoms with Crippen LogP contribution in [0.5, 0.6) is 0 Å². The molecule has 0 aromatic heterocycles. The van der Waals surface area contributed by atoms with Gasteiger partial charge < -0.3 is 14.2 Å². The third-order valence-corrected chi connectivity index (χ3v) is 2.89. The molecule has 0 aromatic carbocycles. The van der Waals surface area contributed by atoms with E-state index in [0.29, 0.717) is 25.1 Å². The fourth-order valence-corrected chi connectivity index (χ4v) is 1.44. The zero-order chi connectivity index (χ0) is 15.8. The maximum Gasteiger partial charge on any atom is 0.323 e. The molecule has 5 heteroatoms. The lowest BCUT2D eigenvalue weighted by atomic mass is 9.98. The van der Waals surface area contributed by atoms with Crippen LogP contribution in [0.1, 0.15) is 40.5 Å². The molecule has 0 fully saturated rings. The molecule has 4 nitrogen and oxygen atoms in total. The van der Waals surface area contributed by atoms with Crippen LogP contribution >= 0.6 is 0 Å². The van der Waals surface area contributed by atoms with E-state index in [0.717, 1.165) is 6.42 Å². The Balaban J connectivity index is 3.98. The maximum atomic E-state index is 11.3. The van der Waals surface area contributed by atoms with Crippen LogP contribution in [-0.2, 0) is 19.0 Å². The van der Waals surface area contributed by atoms with Crippen LogP contribution in [0, 0.1) is 0 Å². The summed E-state index contributed by atoms with van der Waals surface area (Å²) >= 11 is 0. The van der Waals surface area contributed by atoms with Crippen LogP contribution in [0.4, 0.5) is 0 Å². The number of hydrogen-bond donors (Lipinski definition) is 0. The number of carbonyl (C=O) groups is 1. The monoisotopic (exact) mass is 282 g/mol. The van der Waals surface area contributed by atoms with Gasteiger partial charge in [0.1, 0.15) is 13.4 Å². The molecule has 0 aliphatic heterocycles. The average molecular weight is 282 g/mol. The molecule has 0 atom stereocenters. The van der Waals surface area contributed by atoms with Crippen molar-refractivity contribution in [3.63, 3.8) is 0 Å². The molecule has 0 amide bonds. The summed E-state index contributed by atoms with van der Waals surface area (Å²) in [5.74, 6) is -0.360. The van der Waals surface area contributed by atoms with Gasteiger partial charge in [-0.1, -0.05) is 13.2 Å². The van der Waals surface area contributed by atoms with E-state index in [1.165, 1.54) is 6.26 Å². The van der Waals surface area contributed by atoms with Gasteiger partial charge in [0.15, 0.2) is 0 Å². The molecule has 0 radical (unpaired) electrons. The lowest BCUT2D eigenvalue weighted by Crippen LogP contribution is -2.31. The minimum absolute atomic E-state index is 0.287. The summed E-state index contributed by atoms with van der Waals surface area (Å²) in [4.78, 5) is 11.3. The SMILES string of the molecule is BC(=C)C(=O)OCCC(C)(C)OCCC(C)(C)OC=C. The van der Waals surface area contributed by atoms with Crippen LogP contribution in [-0.4, -0.2) is 38.2 Å². The summed E-state index contributed by atoms with van der Waals surface area (Å²) in [6, 6.07) is 0. The molecule has 20 heavy (non-hydrogen) atoms. The van der Waals surface area contributed by atoms with Crippen molar-refractivity contribution in [1.82, 2.24) is 0 Å². The normalized spacial score (nSPS) is 11.8. The highest BCUT2D eigenvalue weighted by Crippen LogP contribution is 2.19. The molecular formula is C15H27BO4. The Morgan fingerprint density at radius 2 is 1.70 bits per heavy atom. The van der Waals surface area contributed by atoms with Crippen LogP contribution in [0.25, 0.3) is 0 Å². The second kappa shape index (κ2) is 8.15. The quantitative estimate of drug-likeness (QED) is 0.267. The van der Waals surface area contributed by atoms with Crippen molar-refractivity contribution in [2.75, 3.05) is 13.2 Å². The Bertz CT molecular complexity index is 348. The molecule has 0 bridgehead atoms. The highest BCUT2D eigenvalue weighted by molar-refractivity contribution is 6.34. The van der Waals surface area contributed by atoms with Crippen molar-refractivity contribution in [2.24, 2.45) is 0 Å². The number of rotatable bonds is 10. The minimum atomic E-state index is -0.360. The van der Waals surface area contributed by atoms with Gasteiger partial charge in [-0.15, -0.1) is 0 Å². The topological polar surface area (TPSA) is 44.8 Å². The largest absolute Gasteiger partial charge is 0.496 e. The van der Waals surface area contributed by atoms with Crippen molar-refractivity contribution in [1.29, 1.82) is 0 Å². The Morgan fingerprint density at radius 1 is 1.15 bits per heavy atom. The number of ether oxygens (including phenoxy) is 3. The summed E-state index contributed by atoms with van der Waals surface area (Å²) in [6.07, 6.45) is 2.84. The zero-order valence-corrected chi connectivity index (χ0v) is 13.5. The van der Waals surface area contributed by atoms with Gasteiger partial charge in [0, 0.05) is 12.8 Å². The van der Waals surface area contributed by atoms with E-state index in [1.54, 1.807) is 7.85 Å². The third kappa shape index (κ3) is 8.80. The van der Waals surface area contributed by atoms with Crippen LogP contribution < -0.4 is 0 Å². The molecule has 0 saturated heterocycles. The molecule has 0 spiro atoms. The van der Waals surface area contributed by atoms with E-state index in [-0.39, 0.29) is 17.2 Å². The second-order valence-electron chi connectivity index (χ2n) is 6.07. The first-order chi connectivity index (χ1) is 9.09. The number of esters is 1. The van der Waals surface area contributed by atoms with E-state index >= 15 is 0 Å². The smallest absolute Gasteiger partial charge is 0.323 e. The Labute approximate surface area is 123 Å². The predicted octanol–water partition coefficient (Wildman–Crippen LogP) is 2.19. The van der Waals surface area contributed by atoms with E-state index in [1.807, 2.05) is 27.7 Å². The van der Waals surface area contributed by atoms with Crippen LogP contribution in [0.2, 0.25) is 0 Å². The summed E-state index contributed by atoms with van der Waals surface area (Å²) in [5.41, 5.74) is -0.226. The molecule has 0 aliphatic carbocycles. The molecule has 0 heterocycles. The highest BCUT2D eigenvalue weighted by Gasteiger charge is 2.23. The highest BCUT2D eigenvalue weighted by atomic mass is 16.5. The van der Waals surface area contributed by atoms with E-state index < -0.39 is 0 Å². The molecular weight excluding hydrogens is 255 g/mol. The molecule has 0 unspecified atom stereocenters. The lowest BCUT2D eigenvalue weighted by molar-refractivity contribution is -0.140. The van der Waals surface area contributed by atoms with Gasteiger partial charge in [-0.05, 0) is 33.2 Å². The summed E-state index contributed by atoms with van der Waals surface area (Å²) in [5, 5.41) is 0. The van der Waals surface area contributed by atoms with Crippen molar-refractivity contribution < 1.29 is 19.0 Å². The summed E-state index contributed by atoms with van der Waals surface area (Å²) in [6.45, 7) is 15.9. The van der Waals surface area contributed by atoms with Gasteiger partial charge in [0.2, 0.25) is 0 Å². The van der Waals surface area contributed by atoms with Gasteiger partial charge in [-0.2, -0.15) is 0 Å². The van der Waals surface area contributed by atoms with Crippen molar-refractivity contribution in [3.8, 4) is 0 Å². The first-order valence-electron chi connectivity index (χ1n) is 6.85. The van der Waals surface area contributed by atoms with Crippen molar-refractivity contribution in [3.05, 3.63) is 24.9 Å². The number of carbonyl (C=O) groups excluding carboxylic acids is 1. The first-order valence-corrected chi connectivity index (χ1v) is 6.85. The lowest BCUT2D eigenvalue weighted by Gasteiger charge is -2.29. The predicted molar refractivity (Wildman–Crippen MR) is 83.3 cm³/mol. The van der Waals surface area contributed by atoms with Gasteiger partial charge >= 0.3 is 5.97 Å². The molecule has 0 saturated carbocycles. The van der Waals surface area contributed by atoms with E-state index in [4.69, 9.17) is 14.2 Å². The third-order valence-electron chi connectivity index (χ3n) is 2.89. The average Bonchev–Trinajstić information content (AvgIpc) is 2.27. The minimum Gasteiger partial charge on any atom is -0.496 e. The fourth-order valence-electron chi connectivity index (χ4n) is 1.44. The molecule has 0 aromatic rings. The van der Waals surface area contributed by atoms with Crippen molar-refractivity contribution >= 4 is 13.8 Å². The molecule has 114 valence electrons. The maximum absolute atomic E-state index is 11.3. The standard InChI is InChI=1S/C15H27BO4/c1-7-19-14(3,4)9-11-20-15(5,6)8-10-18-13(17)12(2)16/h7H,1-2,8-11,16H2,3-6H3. The van der Waals surface area contributed by atoms with E-state index in [9.17, 15) is 4.79 Å². The van der Waals surface area contributed by atoms with Crippen LogP contribution in [0.3, 0.4) is 0 Å². The molecule has 0 N–H and O–H groups in total. The Kier molecular flexibility index (Phi) is 7.65. The number of hydrogen-bond acceptors (Lipinski definition) is 4. The van der Waals surface area contributed by atoms with E-state index in [2.05, 4.69) is 13.2 Å². The summed E-state index contributed by atoms with van der Waals surface area (Å²) in [7, 11) is 1.63. The summed E-state index contributed by atoms with van der Waals surface area (Å²) < 4.78 is 16.3. The van der Waals surface area contributed by atoms with Gasteiger partial charge in [-0.3, -0.25) is 0 Å². The van der Waals surface area contributed by atoms with Gasteiger partial charge in [-0.25, -0.2) is 4.79 Å². The molecule has 0 aliphatic rings. The van der Waals surface area contributed by atoms with Gasteiger partial charge in [0.05, 0.1) is 25.1 Å². The Hall–Kier alpha value is -1.23. The second-order valence-corrected chi connectivity index (χ2v) is 6.07. The fraction of sp³-hybridized carbons (Fsp3) is 0.667. The molecule has 0 rings (SSSR count).